The Morgan fingerprint density at radius 1 is 1.36 bits per heavy atom. The second-order valence-electron chi connectivity index (χ2n) is 4.76. The highest BCUT2D eigenvalue weighted by Crippen LogP contribution is 2.34. The van der Waals surface area contributed by atoms with Crippen molar-refractivity contribution in [2.45, 2.75) is 6.92 Å². The van der Waals surface area contributed by atoms with Crippen molar-refractivity contribution in [1.82, 2.24) is 5.43 Å². The first kappa shape index (κ1) is 17.9. The largest absolute Gasteiger partial charge is 0.865 e. The van der Waals surface area contributed by atoms with Gasteiger partial charge in [0.15, 0.2) is 0 Å². The standard InChI is InChI=1S/C16H14FN3O5/c1-2-25-14-8-10(7-13(15(14)21)20(23)24)9-18-19-16(22)11-3-5-12(17)6-4-11/h3-9,21H,2H2,1H3,(H,19,22)/p-1. The molecule has 0 atom stereocenters. The molecule has 0 aliphatic heterocycles. The maximum atomic E-state index is 12.8. The monoisotopic (exact) mass is 346 g/mol. The average molecular weight is 346 g/mol. The van der Waals surface area contributed by atoms with E-state index >= 15 is 0 Å². The van der Waals surface area contributed by atoms with E-state index in [9.17, 15) is 24.4 Å². The number of ether oxygens (including phenoxy) is 1. The third-order valence-corrected chi connectivity index (χ3v) is 3.04. The summed E-state index contributed by atoms with van der Waals surface area (Å²) in [5, 5.41) is 26.4. The lowest BCUT2D eigenvalue weighted by Gasteiger charge is -2.14. The van der Waals surface area contributed by atoms with Crippen LogP contribution in [-0.4, -0.2) is 23.7 Å². The van der Waals surface area contributed by atoms with Crippen LogP contribution in [0, 0.1) is 15.9 Å². The van der Waals surface area contributed by atoms with Gasteiger partial charge in [-0.05, 0) is 37.3 Å². The first-order valence-electron chi connectivity index (χ1n) is 7.13. The molecule has 0 saturated carbocycles. The molecule has 1 amide bonds. The molecule has 130 valence electrons. The van der Waals surface area contributed by atoms with Gasteiger partial charge in [0.25, 0.3) is 11.6 Å². The SMILES string of the molecule is CCOc1cc(C=NNC(=O)c2ccc(F)cc2)cc([N+](=O)[O-])c1[O-]. The van der Waals surface area contributed by atoms with E-state index < -0.39 is 28.1 Å². The molecular formula is C16H13FN3O5-. The summed E-state index contributed by atoms with van der Waals surface area (Å²) in [6.45, 7) is 1.79. The Hall–Kier alpha value is -3.49. The van der Waals surface area contributed by atoms with E-state index in [1.807, 2.05) is 0 Å². The van der Waals surface area contributed by atoms with E-state index in [2.05, 4.69) is 10.5 Å². The molecule has 0 aliphatic carbocycles. The van der Waals surface area contributed by atoms with Gasteiger partial charge in [0.05, 0.1) is 17.7 Å². The van der Waals surface area contributed by atoms with E-state index in [1.165, 1.54) is 18.2 Å². The summed E-state index contributed by atoms with van der Waals surface area (Å²) < 4.78 is 17.9. The highest BCUT2D eigenvalue weighted by Gasteiger charge is 2.13. The fourth-order valence-electron chi connectivity index (χ4n) is 1.91. The predicted molar refractivity (Wildman–Crippen MR) is 85.2 cm³/mol. The third kappa shape index (κ3) is 4.50. The summed E-state index contributed by atoms with van der Waals surface area (Å²) in [4.78, 5) is 21.9. The number of nitro groups is 1. The lowest BCUT2D eigenvalue weighted by atomic mass is 10.2. The molecule has 25 heavy (non-hydrogen) atoms. The van der Waals surface area contributed by atoms with Crippen molar-refractivity contribution in [2.75, 3.05) is 6.61 Å². The highest BCUT2D eigenvalue weighted by molar-refractivity contribution is 5.95. The van der Waals surface area contributed by atoms with Gasteiger partial charge >= 0.3 is 0 Å². The van der Waals surface area contributed by atoms with Crippen LogP contribution in [0.25, 0.3) is 0 Å². The summed E-state index contributed by atoms with van der Waals surface area (Å²) in [6.07, 6.45) is 1.14. The quantitative estimate of drug-likeness (QED) is 0.487. The van der Waals surface area contributed by atoms with Gasteiger partial charge in [-0.1, -0.05) is 0 Å². The van der Waals surface area contributed by atoms with Gasteiger partial charge < -0.3 is 9.84 Å². The number of nitrogens with zero attached hydrogens (tertiary/aromatic N) is 2. The molecule has 0 bridgehead atoms. The number of hydrazone groups is 1. The molecule has 9 heteroatoms. The van der Waals surface area contributed by atoms with E-state index in [-0.39, 0.29) is 23.5 Å². The molecule has 2 aromatic rings. The Bertz CT molecular complexity index is 821. The molecule has 0 spiro atoms. The second kappa shape index (κ2) is 7.86. The van der Waals surface area contributed by atoms with E-state index in [4.69, 9.17) is 4.74 Å². The zero-order valence-corrected chi connectivity index (χ0v) is 13.1. The van der Waals surface area contributed by atoms with Crippen molar-refractivity contribution < 1.29 is 24.0 Å². The molecule has 0 saturated heterocycles. The summed E-state index contributed by atoms with van der Waals surface area (Å²) in [5.74, 6) is -2.08. The predicted octanol–water partition coefficient (Wildman–Crippen LogP) is 1.97. The molecule has 0 radical (unpaired) electrons. The summed E-state index contributed by atoms with van der Waals surface area (Å²) in [5.41, 5.74) is 1.94. The molecule has 0 aliphatic rings. The minimum Gasteiger partial charge on any atom is -0.865 e. The minimum absolute atomic E-state index is 0.161. The third-order valence-electron chi connectivity index (χ3n) is 3.04. The second-order valence-corrected chi connectivity index (χ2v) is 4.76. The van der Waals surface area contributed by atoms with Crippen LogP contribution in [0.15, 0.2) is 41.5 Å². The van der Waals surface area contributed by atoms with Crippen molar-refractivity contribution in [3.8, 4) is 11.5 Å². The molecule has 0 fully saturated rings. The molecule has 0 heterocycles. The van der Waals surface area contributed by atoms with Gasteiger partial charge in [-0.15, -0.1) is 0 Å². The van der Waals surface area contributed by atoms with E-state index in [1.54, 1.807) is 6.92 Å². The number of carbonyl (C=O) groups is 1. The number of rotatable bonds is 6. The Labute approximate surface area is 141 Å². The highest BCUT2D eigenvalue weighted by atomic mass is 19.1. The lowest BCUT2D eigenvalue weighted by molar-refractivity contribution is -0.398. The number of halogens is 1. The fraction of sp³-hybridized carbons (Fsp3) is 0.125. The Kier molecular flexibility index (Phi) is 5.62. The van der Waals surface area contributed by atoms with Crippen molar-refractivity contribution >= 4 is 17.8 Å². The van der Waals surface area contributed by atoms with E-state index in [0.717, 1.165) is 24.4 Å². The van der Waals surface area contributed by atoms with Crippen LogP contribution in [0.5, 0.6) is 11.5 Å². The van der Waals surface area contributed by atoms with Crippen LogP contribution in [0.2, 0.25) is 0 Å². The smallest absolute Gasteiger partial charge is 0.271 e. The lowest BCUT2D eigenvalue weighted by Crippen LogP contribution is -2.17. The number of nitro benzene ring substituents is 1. The van der Waals surface area contributed by atoms with Crippen molar-refractivity contribution in [1.29, 1.82) is 0 Å². The number of benzene rings is 2. The molecule has 1 N–H and O–H groups in total. The van der Waals surface area contributed by atoms with Crippen LogP contribution >= 0.6 is 0 Å². The van der Waals surface area contributed by atoms with Crippen molar-refractivity contribution in [3.05, 3.63) is 63.5 Å². The van der Waals surface area contributed by atoms with Gasteiger partial charge in [-0.25, -0.2) is 9.82 Å². The topological polar surface area (TPSA) is 117 Å². The molecule has 2 rings (SSSR count). The first-order chi connectivity index (χ1) is 11.9. The van der Waals surface area contributed by atoms with Gasteiger partial charge in [0.1, 0.15) is 11.6 Å². The molecule has 8 nitrogen and oxygen atoms in total. The van der Waals surface area contributed by atoms with Gasteiger partial charge in [0, 0.05) is 22.9 Å². The van der Waals surface area contributed by atoms with Crippen LogP contribution in [-0.2, 0) is 0 Å². The van der Waals surface area contributed by atoms with Crippen LogP contribution in [0.1, 0.15) is 22.8 Å². The number of amides is 1. The Balaban J connectivity index is 2.18. The normalized spacial score (nSPS) is 10.6. The first-order valence-corrected chi connectivity index (χ1v) is 7.13. The van der Waals surface area contributed by atoms with E-state index in [0.29, 0.717) is 0 Å². The van der Waals surface area contributed by atoms with Crippen molar-refractivity contribution in [3.63, 3.8) is 0 Å². The maximum Gasteiger partial charge on any atom is 0.271 e. The summed E-state index contributed by atoms with van der Waals surface area (Å²) in [7, 11) is 0. The van der Waals surface area contributed by atoms with Crippen LogP contribution in [0.4, 0.5) is 10.1 Å². The zero-order valence-electron chi connectivity index (χ0n) is 13.1. The Morgan fingerprint density at radius 2 is 2.04 bits per heavy atom. The zero-order chi connectivity index (χ0) is 18.4. The number of hydrogen-bond acceptors (Lipinski definition) is 6. The van der Waals surface area contributed by atoms with Gasteiger partial charge in [-0.3, -0.25) is 14.9 Å². The number of hydrogen-bond donors (Lipinski definition) is 1. The maximum absolute atomic E-state index is 12.8. The Morgan fingerprint density at radius 3 is 2.64 bits per heavy atom. The average Bonchev–Trinajstić information content (AvgIpc) is 2.58. The molecule has 0 aromatic heterocycles. The van der Waals surface area contributed by atoms with Crippen molar-refractivity contribution in [2.24, 2.45) is 5.10 Å². The van der Waals surface area contributed by atoms with Crippen LogP contribution in [0.3, 0.4) is 0 Å². The summed E-state index contributed by atoms with van der Waals surface area (Å²) >= 11 is 0. The molecule has 2 aromatic carbocycles. The van der Waals surface area contributed by atoms with Crippen LogP contribution < -0.4 is 15.3 Å². The minimum atomic E-state index is -0.834. The number of carbonyl (C=O) groups excluding carboxylic acids is 1. The molecule has 0 unspecified atom stereocenters. The summed E-state index contributed by atoms with van der Waals surface area (Å²) in [6, 6.07) is 7.13. The fourth-order valence-corrected chi connectivity index (χ4v) is 1.91. The number of nitrogens with one attached hydrogen (secondary N) is 1. The van der Waals surface area contributed by atoms with Gasteiger partial charge in [-0.2, -0.15) is 5.10 Å². The van der Waals surface area contributed by atoms with Gasteiger partial charge in [0.2, 0.25) is 0 Å². The molecular weight excluding hydrogens is 333 g/mol.